The molecule has 0 saturated heterocycles. The van der Waals surface area contributed by atoms with Gasteiger partial charge in [0.25, 0.3) is 5.91 Å². The van der Waals surface area contributed by atoms with Gasteiger partial charge in [-0.1, -0.05) is 24.3 Å². The zero-order valence-corrected chi connectivity index (χ0v) is 12.1. The highest BCUT2D eigenvalue weighted by molar-refractivity contribution is 5.91. The van der Waals surface area contributed by atoms with Crippen LogP contribution in [0, 0.1) is 0 Å². The summed E-state index contributed by atoms with van der Waals surface area (Å²) in [7, 11) is 1.56. The number of benzene rings is 1. The van der Waals surface area contributed by atoms with E-state index in [1.165, 1.54) is 0 Å². The molecule has 2 N–H and O–H groups in total. The molecule has 110 valence electrons. The van der Waals surface area contributed by atoms with E-state index in [1.807, 2.05) is 30.3 Å². The largest absolute Gasteiger partial charge is 0.364 e. The molecule has 0 fully saturated rings. The van der Waals surface area contributed by atoms with Crippen molar-refractivity contribution >= 4 is 22.6 Å². The van der Waals surface area contributed by atoms with E-state index in [4.69, 9.17) is 0 Å². The monoisotopic (exact) mass is 293 g/mol. The Morgan fingerprint density at radius 3 is 2.73 bits per heavy atom. The van der Waals surface area contributed by atoms with E-state index in [2.05, 4.69) is 25.8 Å². The lowest BCUT2D eigenvalue weighted by atomic mass is 10.1. The Kier molecular flexibility index (Phi) is 3.91. The lowest BCUT2D eigenvalue weighted by Crippen LogP contribution is -2.19. The zero-order chi connectivity index (χ0) is 15.4. The van der Waals surface area contributed by atoms with Gasteiger partial charge in [-0.05, 0) is 23.8 Å². The first-order valence-electron chi connectivity index (χ1n) is 6.90. The van der Waals surface area contributed by atoms with Gasteiger partial charge in [-0.2, -0.15) is 0 Å². The molecule has 22 heavy (non-hydrogen) atoms. The van der Waals surface area contributed by atoms with Gasteiger partial charge in [-0.3, -0.25) is 9.78 Å². The highest BCUT2D eigenvalue weighted by Crippen LogP contribution is 2.16. The van der Waals surface area contributed by atoms with Crippen LogP contribution in [0.15, 0.2) is 48.7 Å². The van der Waals surface area contributed by atoms with Crippen molar-refractivity contribution in [3.8, 4) is 0 Å². The van der Waals surface area contributed by atoms with Crippen LogP contribution < -0.4 is 10.6 Å². The fourth-order valence-corrected chi connectivity index (χ4v) is 2.17. The number of aromatic nitrogens is 3. The van der Waals surface area contributed by atoms with Crippen molar-refractivity contribution in [3.63, 3.8) is 0 Å². The molecule has 0 aliphatic rings. The van der Waals surface area contributed by atoms with Crippen LogP contribution in [0.1, 0.15) is 16.1 Å². The first kappa shape index (κ1) is 13.9. The molecule has 6 heteroatoms. The van der Waals surface area contributed by atoms with Crippen LogP contribution in [0.3, 0.4) is 0 Å². The number of carbonyl (C=O) groups is 1. The second-order valence-corrected chi connectivity index (χ2v) is 4.73. The third kappa shape index (κ3) is 2.85. The number of hydrogen-bond donors (Lipinski definition) is 2. The summed E-state index contributed by atoms with van der Waals surface area (Å²) in [5.74, 6) is 0.359. The summed E-state index contributed by atoms with van der Waals surface area (Å²) in [5, 5.41) is 14.7. The minimum atomic E-state index is -0.252. The number of rotatable bonds is 4. The van der Waals surface area contributed by atoms with Gasteiger partial charge in [0.1, 0.15) is 5.82 Å². The predicted molar refractivity (Wildman–Crippen MR) is 84.5 cm³/mol. The Morgan fingerprint density at radius 1 is 1.09 bits per heavy atom. The maximum Gasteiger partial charge on any atom is 0.271 e. The van der Waals surface area contributed by atoms with Gasteiger partial charge < -0.3 is 10.6 Å². The van der Waals surface area contributed by atoms with E-state index in [-0.39, 0.29) is 5.91 Å². The third-order valence-electron chi connectivity index (χ3n) is 3.30. The lowest BCUT2D eigenvalue weighted by molar-refractivity contribution is 0.0957. The molecule has 0 aliphatic heterocycles. The Labute approximate surface area is 127 Å². The minimum Gasteiger partial charge on any atom is -0.364 e. The Balaban J connectivity index is 1.75. The number of anilines is 1. The van der Waals surface area contributed by atoms with E-state index in [1.54, 1.807) is 25.4 Å². The van der Waals surface area contributed by atoms with Crippen LogP contribution in [0.25, 0.3) is 10.9 Å². The van der Waals surface area contributed by atoms with Gasteiger partial charge in [0.2, 0.25) is 0 Å². The third-order valence-corrected chi connectivity index (χ3v) is 3.30. The molecular formula is C16H15N5O. The summed E-state index contributed by atoms with van der Waals surface area (Å²) in [6, 6.07) is 13.4. The van der Waals surface area contributed by atoms with Gasteiger partial charge in [-0.15, -0.1) is 10.2 Å². The van der Waals surface area contributed by atoms with E-state index in [0.29, 0.717) is 18.1 Å². The van der Waals surface area contributed by atoms with Crippen LogP contribution >= 0.6 is 0 Å². The molecule has 6 nitrogen and oxygen atoms in total. The van der Waals surface area contributed by atoms with E-state index >= 15 is 0 Å². The second kappa shape index (κ2) is 6.17. The molecule has 0 aliphatic carbocycles. The van der Waals surface area contributed by atoms with Gasteiger partial charge in [-0.25, -0.2) is 0 Å². The number of hydrogen-bond acceptors (Lipinski definition) is 5. The molecule has 0 bridgehead atoms. The summed E-state index contributed by atoms with van der Waals surface area (Å²) >= 11 is 0. The van der Waals surface area contributed by atoms with Gasteiger partial charge >= 0.3 is 0 Å². The number of nitrogens with one attached hydrogen (secondary N) is 2. The van der Waals surface area contributed by atoms with Crippen molar-refractivity contribution in [2.24, 2.45) is 0 Å². The Bertz CT molecular complexity index is 796. The highest BCUT2D eigenvalue weighted by atomic mass is 16.1. The SMILES string of the molecule is CNC(=O)c1ccc(NCc2cccc3cccnc23)nn1. The number of para-hydroxylation sites is 1. The van der Waals surface area contributed by atoms with Crippen LogP contribution in [0.4, 0.5) is 5.82 Å². The summed E-state index contributed by atoms with van der Waals surface area (Å²) in [4.78, 5) is 15.8. The quantitative estimate of drug-likeness (QED) is 0.769. The van der Waals surface area contributed by atoms with Crippen LogP contribution in [-0.2, 0) is 6.54 Å². The molecule has 0 atom stereocenters. The highest BCUT2D eigenvalue weighted by Gasteiger charge is 2.06. The minimum absolute atomic E-state index is 0.252. The number of pyridine rings is 1. The Hall–Kier alpha value is -3.02. The summed E-state index contributed by atoms with van der Waals surface area (Å²) in [6.07, 6.45) is 1.78. The molecule has 3 rings (SSSR count). The molecule has 0 radical (unpaired) electrons. The first-order chi connectivity index (χ1) is 10.8. The maximum atomic E-state index is 11.4. The zero-order valence-electron chi connectivity index (χ0n) is 12.1. The maximum absolute atomic E-state index is 11.4. The second-order valence-electron chi connectivity index (χ2n) is 4.73. The van der Waals surface area contributed by atoms with Crippen molar-refractivity contribution in [2.75, 3.05) is 12.4 Å². The van der Waals surface area contributed by atoms with Crippen LogP contribution in [-0.4, -0.2) is 28.1 Å². The Morgan fingerprint density at radius 2 is 1.95 bits per heavy atom. The van der Waals surface area contributed by atoms with E-state index in [0.717, 1.165) is 16.5 Å². The average molecular weight is 293 g/mol. The molecule has 3 aromatic rings. The van der Waals surface area contributed by atoms with Crippen molar-refractivity contribution in [1.82, 2.24) is 20.5 Å². The van der Waals surface area contributed by atoms with Crippen LogP contribution in [0.5, 0.6) is 0 Å². The van der Waals surface area contributed by atoms with E-state index < -0.39 is 0 Å². The van der Waals surface area contributed by atoms with Gasteiger partial charge in [0, 0.05) is 25.2 Å². The van der Waals surface area contributed by atoms with E-state index in [9.17, 15) is 4.79 Å². The predicted octanol–water partition coefficient (Wildman–Crippen LogP) is 2.00. The standard InChI is InChI=1S/C16H15N5O/c1-17-16(22)13-7-8-14(21-20-13)19-10-12-5-2-4-11-6-3-9-18-15(11)12/h2-9H,10H2,1H3,(H,17,22)(H,19,21). The average Bonchev–Trinajstić information content (AvgIpc) is 2.59. The summed E-state index contributed by atoms with van der Waals surface area (Å²) in [5.41, 5.74) is 2.34. The topological polar surface area (TPSA) is 79.8 Å². The van der Waals surface area contributed by atoms with Crippen molar-refractivity contribution in [3.05, 3.63) is 59.9 Å². The van der Waals surface area contributed by atoms with Crippen molar-refractivity contribution in [2.45, 2.75) is 6.54 Å². The first-order valence-corrected chi connectivity index (χ1v) is 6.90. The molecular weight excluding hydrogens is 278 g/mol. The number of fused-ring (bicyclic) bond motifs is 1. The number of nitrogens with zero attached hydrogens (tertiary/aromatic N) is 3. The molecule has 1 aromatic carbocycles. The van der Waals surface area contributed by atoms with Gasteiger partial charge in [0.15, 0.2) is 5.69 Å². The molecule has 2 aromatic heterocycles. The van der Waals surface area contributed by atoms with Gasteiger partial charge in [0.05, 0.1) is 5.52 Å². The lowest BCUT2D eigenvalue weighted by Gasteiger charge is -2.08. The smallest absolute Gasteiger partial charge is 0.271 e. The summed E-state index contributed by atoms with van der Waals surface area (Å²) in [6.45, 7) is 0.586. The van der Waals surface area contributed by atoms with Crippen molar-refractivity contribution < 1.29 is 4.79 Å². The molecule has 0 spiro atoms. The normalized spacial score (nSPS) is 10.4. The number of carbonyl (C=O) groups excluding carboxylic acids is 1. The molecule has 0 saturated carbocycles. The number of amides is 1. The fourth-order valence-electron chi connectivity index (χ4n) is 2.17. The summed E-state index contributed by atoms with van der Waals surface area (Å²) < 4.78 is 0. The van der Waals surface area contributed by atoms with Crippen LogP contribution in [0.2, 0.25) is 0 Å². The molecule has 1 amide bonds. The fraction of sp³-hybridized carbons (Fsp3) is 0.125. The molecule has 2 heterocycles. The van der Waals surface area contributed by atoms with Crippen molar-refractivity contribution in [1.29, 1.82) is 0 Å². The molecule has 0 unspecified atom stereocenters.